The maximum Gasteiger partial charge on any atom is 0.310 e. The van der Waals surface area contributed by atoms with Gasteiger partial charge in [0.2, 0.25) is 5.91 Å². The van der Waals surface area contributed by atoms with E-state index in [9.17, 15) is 9.59 Å². The van der Waals surface area contributed by atoms with Crippen LogP contribution >= 0.6 is 11.3 Å². The molecule has 1 rings (SSSR count). The molecule has 6 heteroatoms. The SMILES string of the molecule is COC(=O)Cc1ccc(CNCCC(=O)NCC(C)C)s1. The fraction of sp³-hybridized carbons (Fsp3) is 0.600. The van der Waals surface area contributed by atoms with E-state index in [1.165, 1.54) is 7.11 Å². The maximum atomic E-state index is 11.5. The third kappa shape index (κ3) is 7.82. The Morgan fingerprint density at radius 1 is 1.29 bits per heavy atom. The molecule has 5 nitrogen and oxygen atoms in total. The first-order valence-electron chi connectivity index (χ1n) is 7.13. The van der Waals surface area contributed by atoms with E-state index < -0.39 is 0 Å². The van der Waals surface area contributed by atoms with Crippen LogP contribution in [0.15, 0.2) is 12.1 Å². The first kappa shape index (κ1) is 17.7. The van der Waals surface area contributed by atoms with Gasteiger partial charge >= 0.3 is 5.97 Å². The van der Waals surface area contributed by atoms with E-state index in [2.05, 4.69) is 29.2 Å². The van der Waals surface area contributed by atoms with Gasteiger partial charge in [-0.05, 0) is 18.1 Å². The molecule has 1 heterocycles. The van der Waals surface area contributed by atoms with Crippen molar-refractivity contribution in [2.45, 2.75) is 33.2 Å². The second kappa shape index (κ2) is 9.52. The lowest BCUT2D eigenvalue weighted by Gasteiger charge is -2.07. The zero-order valence-corrected chi connectivity index (χ0v) is 13.7. The van der Waals surface area contributed by atoms with Crippen molar-refractivity contribution in [3.05, 3.63) is 21.9 Å². The summed E-state index contributed by atoms with van der Waals surface area (Å²) in [4.78, 5) is 24.8. The third-order valence-electron chi connectivity index (χ3n) is 2.80. The minimum atomic E-state index is -0.224. The Morgan fingerprint density at radius 3 is 2.67 bits per heavy atom. The number of ether oxygens (including phenoxy) is 1. The number of carbonyl (C=O) groups excluding carboxylic acids is 2. The number of carbonyl (C=O) groups is 2. The smallest absolute Gasteiger partial charge is 0.310 e. The van der Waals surface area contributed by atoms with E-state index in [0.29, 0.717) is 31.8 Å². The van der Waals surface area contributed by atoms with E-state index in [4.69, 9.17) is 0 Å². The standard InChI is InChI=1S/C15H24N2O3S/c1-11(2)9-17-14(18)6-7-16-10-13-5-4-12(21-13)8-15(19)20-3/h4-5,11,16H,6-10H2,1-3H3,(H,17,18). The molecule has 0 fully saturated rings. The number of methoxy groups -OCH3 is 1. The largest absolute Gasteiger partial charge is 0.469 e. The van der Waals surface area contributed by atoms with Crippen molar-refractivity contribution >= 4 is 23.2 Å². The van der Waals surface area contributed by atoms with Gasteiger partial charge in [0.15, 0.2) is 0 Å². The van der Waals surface area contributed by atoms with E-state index in [-0.39, 0.29) is 11.9 Å². The molecule has 0 bridgehead atoms. The molecule has 0 saturated carbocycles. The average molecular weight is 312 g/mol. The van der Waals surface area contributed by atoms with Gasteiger partial charge in [-0.2, -0.15) is 0 Å². The second-order valence-corrected chi connectivity index (χ2v) is 6.50. The first-order valence-corrected chi connectivity index (χ1v) is 7.94. The van der Waals surface area contributed by atoms with Crippen LogP contribution in [0.5, 0.6) is 0 Å². The van der Waals surface area contributed by atoms with Crippen molar-refractivity contribution < 1.29 is 14.3 Å². The van der Waals surface area contributed by atoms with E-state index >= 15 is 0 Å². The molecule has 0 spiro atoms. The van der Waals surface area contributed by atoms with E-state index in [1.54, 1.807) is 11.3 Å². The Labute approximate surface area is 130 Å². The summed E-state index contributed by atoms with van der Waals surface area (Å²) in [5.41, 5.74) is 0. The number of rotatable bonds is 9. The van der Waals surface area contributed by atoms with Crippen LogP contribution in [0.25, 0.3) is 0 Å². The van der Waals surface area contributed by atoms with Crippen LogP contribution in [-0.4, -0.2) is 32.1 Å². The minimum Gasteiger partial charge on any atom is -0.469 e. The van der Waals surface area contributed by atoms with Gasteiger partial charge in [0, 0.05) is 35.8 Å². The number of hydrogen-bond acceptors (Lipinski definition) is 5. The van der Waals surface area contributed by atoms with Gasteiger partial charge in [-0.1, -0.05) is 13.8 Å². The second-order valence-electron chi connectivity index (χ2n) is 5.25. The van der Waals surface area contributed by atoms with Gasteiger partial charge in [0.05, 0.1) is 13.5 Å². The molecule has 0 aliphatic rings. The Hall–Kier alpha value is -1.40. The number of nitrogens with one attached hydrogen (secondary N) is 2. The van der Waals surface area contributed by atoms with Crippen molar-refractivity contribution in [1.82, 2.24) is 10.6 Å². The summed E-state index contributed by atoms with van der Waals surface area (Å²) in [5, 5.41) is 6.12. The van der Waals surface area contributed by atoms with Crippen molar-refractivity contribution in [3.8, 4) is 0 Å². The summed E-state index contributed by atoms with van der Waals surface area (Å²) in [5.74, 6) is 0.327. The van der Waals surface area contributed by atoms with Crippen LogP contribution in [0, 0.1) is 5.92 Å². The summed E-state index contributed by atoms with van der Waals surface area (Å²) >= 11 is 1.59. The highest BCUT2D eigenvalue weighted by Gasteiger charge is 2.06. The molecule has 2 N–H and O–H groups in total. The molecule has 1 amide bonds. The third-order valence-corrected chi connectivity index (χ3v) is 3.88. The first-order chi connectivity index (χ1) is 10.0. The summed E-state index contributed by atoms with van der Waals surface area (Å²) in [6.45, 7) is 6.22. The number of amides is 1. The highest BCUT2D eigenvalue weighted by atomic mass is 32.1. The molecule has 1 aromatic rings. The lowest BCUT2D eigenvalue weighted by Crippen LogP contribution is -2.30. The lowest BCUT2D eigenvalue weighted by molar-refractivity contribution is -0.139. The summed E-state index contributed by atoms with van der Waals surface area (Å²) in [6, 6.07) is 3.93. The maximum absolute atomic E-state index is 11.5. The minimum absolute atomic E-state index is 0.0776. The number of hydrogen-bond donors (Lipinski definition) is 2. The topological polar surface area (TPSA) is 67.4 Å². The zero-order valence-electron chi connectivity index (χ0n) is 12.9. The highest BCUT2D eigenvalue weighted by Crippen LogP contribution is 2.17. The fourth-order valence-corrected chi connectivity index (χ4v) is 2.62. The molecule has 1 aromatic heterocycles. The monoisotopic (exact) mass is 312 g/mol. The Balaban J connectivity index is 2.18. The zero-order chi connectivity index (χ0) is 15.7. The molecule has 0 radical (unpaired) electrons. The number of esters is 1. The van der Waals surface area contributed by atoms with Gasteiger partial charge in [-0.15, -0.1) is 11.3 Å². The molecule has 0 aromatic carbocycles. The van der Waals surface area contributed by atoms with Crippen molar-refractivity contribution in [1.29, 1.82) is 0 Å². The molecule has 0 unspecified atom stereocenters. The van der Waals surface area contributed by atoms with E-state index in [1.807, 2.05) is 12.1 Å². The molecule has 0 saturated heterocycles. The summed E-state index contributed by atoms with van der Waals surface area (Å²) in [6.07, 6.45) is 0.798. The quantitative estimate of drug-likeness (QED) is 0.538. The Bertz CT molecular complexity index is 458. The van der Waals surface area contributed by atoms with Crippen molar-refractivity contribution in [3.63, 3.8) is 0 Å². The molecule has 118 valence electrons. The average Bonchev–Trinajstić information content (AvgIpc) is 2.88. The fourth-order valence-electron chi connectivity index (χ4n) is 1.65. The Morgan fingerprint density at radius 2 is 2.00 bits per heavy atom. The summed E-state index contributed by atoms with van der Waals surface area (Å²) < 4.78 is 4.64. The van der Waals surface area contributed by atoms with Gasteiger partial charge in [-0.25, -0.2) is 0 Å². The van der Waals surface area contributed by atoms with Crippen LogP contribution in [0.1, 0.15) is 30.0 Å². The summed E-state index contributed by atoms with van der Waals surface area (Å²) in [7, 11) is 1.39. The predicted octanol–water partition coefficient (Wildman–Crippen LogP) is 1.72. The van der Waals surface area contributed by atoms with Crippen LogP contribution in [0.2, 0.25) is 0 Å². The van der Waals surface area contributed by atoms with Gasteiger partial charge in [-0.3, -0.25) is 9.59 Å². The van der Waals surface area contributed by atoms with Crippen LogP contribution < -0.4 is 10.6 Å². The number of thiophene rings is 1. The molecule has 0 aliphatic heterocycles. The molecule has 0 atom stereocenters. The normalized spacial score (nSPS) is 10.7. The predicted molar refractivity (Wildman–Crippen MR) is 84.2 cm³/mol. The van der Waals surface area contributed by atoms with E-state index in [0.717, 1.165) is 16.3 Å². The Kier molecular flexibility index (Phi) is 8.00. The van der Waals surface area contributed by atoms with Crippen molar-refractivity contribution in [2.75, 3.05) is 20.2 Å². The van der Waals surface area contributed by atoms with Gasteiger partial charge in [0.1, 0.15) is 0 Å². The lowest BCUT2D eigenvalue weighted by atomic mass is 10.2. The van der Waals surface area contributed by atoms with Crippen LogP contribution in [0.3, 0.4) is 0 Å². The molecule has 21 heavy (non-hydrogen) atoms. The van der Waals surface area contributed by atoms with Crippen LogP contribution in [-0.2, 0) is 27.3 Å². The van der Waals surface area contributed by atoms with Crippen molar-refractivity contribution in [2.24, 2.45) is 5.92 Å². The highest BCUT2D eigenvalue weighted by molar-refractivity contribution is 7.12. The molecular formula is C15H24N2O3S. The van der Waals surface area contributed by atoms with Gasteiger partial charge < -0.3 is 15.4 Å². The molecular weight excluding hydrogens is 288 g/mol. The molecule has 0 aliphatic carbocycles. The van der Waals surface area contributed by atoms with Crippen LogP contribution in [0.4, 0.5) is 0 Å². The van der Waals surface area contributed by atoms with Gasteiger partial charge in [0.25, 0.3) is 0 Å².